The molecule has 1 aromatic rings. The van der Waals surface area contributed by atoms with E-state index in [1.54, 1.807) is 19.2 Å². The molecule has 14 heavy (non-hydrogen) atoms. The highest BCUT2D eigenvalue weighted by molar-refractivity contribution is 5.20. The van der Waals surface area contributed by atoms with Crippen molar-refractivity contribution in [1.82, 2.24) is 5.43 Å². The van der Waals surface area contributed by atoms with Gasteiger partial charge in [0.05, 0.1) is 12.1 Å². The zero-order chi connectivity index (χ0) is 10.6. The number of nitrogens with two attached hydrogens (primary N) is 1. The maximum atomic E-state index is 12.7. The van der Waals surface area contributed by atoms with Crippen LogP contribution in [0.5, 0.6) is 0 Å². The van der Waals surface area contributed by atoms with E-state index >= 15 is 0 Å². The molecule has 0 fully saturated rings. The van der Waals surface area contributed by atoms with Crippen LogP contribution in [0.2, 0.25) is 0 Å². The van der Waals surface area contributed by atoms with Crippen LogP contribution in [0.4, 0.5) is 4.39 Å². The quantitative estimate of drug-likeness (QED) is 0.567. The number of benzene rings is 1. The van der Waals surface area contributed by atoms with Crippen LogP contribution in [0.25, 0.3) is 0 Å². The van der Waals surface area contributed by atoms with Crippen molar-refractivity contribution in [3.8, 4) is 0 Å². The van der Waals surface area contributed by atoms with E-state index in [1.807, 2.05) is 6.92 Å². The summed E-state index contributed by atoms with van der Waals surface area (Å²) in [5, 5.41) is 0. The van der Waals surface area contributed by atoms with Crippen LogP contribution < -0.4 is 11.3 Å². The Morgan fingerprint density at radius 1 is 1.36 bits per heavy atom. The van der Waals surface area contributed by atoms with Gasteiger partial charge in [0.1, 0.15) is 5.82 Å². The first-order valence-corrected chi connectivity index (χ1v) is 4.43. The van der Waals surface area contributed by atoms with Crippen LogP contribution in [-0.2, 0) is 4.74 Å². The molecule has 0 aliphatic rings. The standard InChI is InChI=1S/C10H15FN2O/c1-7(14-2)10(13-12)8-3-5-9(11)6-4-8/h3-7,10,13H,12H2,1-2H3. The second-order valence-electron chi connectivity index (χ2n) is 3.14. The highest BCUT2D eigenvalue weighted by atomic mass is 19.1. The Morgan fingerprint density at radius 2 is 1.93 bits per heavy atom. The molecule has 2 unspecified atom stereocenters. The van der Waals surface area contributed by atoms with Gasteiger partial charge in [0.25, 0.3) is 0 Å². The first kappa shape index (κ1) is 11.1. The molecule has 78 valence electrons. The summed E-state index contributed by atoms with van der Waals surface area (Å²) < 4.78 is 17.8. The number of ether oxygens (including phenoxy) is 1. The molecule has 4 heteroatoms. The molecule has 0 saturated heterocycles. The van der Waals surface area contributed by atoms with Crippen molar-refractivity contribution in [2.75, 3.05) is 7.11 Å². The van der Waals surface area contributed by atoms with Crippen LogP contribution >= 0.6 is 0 Å². The molecule has 0 aromatic heterocycles. The van der Waals surface area contributed by atoms with Gasteiger partial charge < -0.3 is 4.74 Å². The highest BCUT2D eigenvalue weighted by Gasteiger charge is 2.16. The average molecular weight is 198 g/mol. The number of methoxy groups -OCH3 is 1. The molecule has 0 amide bonds. The van der Waals surface area contributed by atoms with Crippen LogP contribution in [0.1, 0.15) is 18.5 Å². The summed E-state index contributed by atoms with van der Waals surface area (Å²) in [6, 6.07) is 6.06. The molecule has 2 atom stereocenters. The number of rotatable bonds is 4. The molecule has 0 radical (unpaired) electrons. The second-order valence-corrected chi connectivity index (χ2v) is 3.14. The Morgan fingerprint density at radius 3 is 2.36 bits per heavy atom. The lowest BCUT2D eigenvalue weighted by molar-refractivity contribution is 0.0830. The first-order chi connectivity index (χ1) is 6.69. The lowest BCUT2D eigenvalue weighted by Crippen LogP contribution is -2.36. The molecule has 3 N–H and O–H groups in total. The third-order valence-corrected chi connectivity index (χ3v) is 2.25. The molecule has 0 bridgehead atoms. The van der Waals surface area contributed by atoms with Gasteiger partial charge in [0.15, 0.2) is 0 Å². The van der Waals surface area contributed by atoms with Crippen LogP contribution in [0.3, 0.4) is 0 Å². The predicted molar refractivity (Wildman–Crippen MR) is 52.9 cm³/mol. The zero-order valence-corrected chi connectivity index (χ0v) is 8.33. The smallest absolute Gasteiger partial charge is 0.123 e. The van der Waals surface area contributed by atoms with E-state index in [-0.39, 0.29) is 18.0 Å². The summed E-state index contributed by atoms with van der Waals surface area (Å²) in [6.45, 7) is 1.90. The van der Waals surface area contributed by atoms with Crippen LogP contribution in [0, 0.1) is 5.82 Å². The van der Waals surface area contributed by atoms with Crippen molar-refractivity contribution in [2.45, 2.75) is 19.1 Å². The summed E-state index contributed by atoms with van der Waals surface area (Å²) in [4.78, 5) is 0. The van der Waals surface area contributed by atoms with Crippen molar-refractivity contribution in [1.29, 1.82) is 0 Å². The second kappa shape index (κ2) is 5.05. The number of hydrogen-bond acceptors (Lipinski definition) is 3. The van der Waals surface area contributed by atoms with Gasteiger partial charge in [-0.1, -0.05) is 12.1 Å². The van der Waals surface area contributed by atoms with E-state index in [1.165, 1.54) is 12.1 Å². The zero-order valence-electron chi connectivity index (χ0n) is 8.33. The lowest BCUT2D eigenvalue weighted by Gasteiger charge is -2.22. The van der Waals surface area contributed by atoms with Gasteiger partial charge in [-0.2, -0.15) is 0 Å². The van der Waals surface area contributed by atoms with Crippen LogP contribution in [0.15, 0.2) is 24.3 Å². The topological polar surface area (TPSA) is 47.3 Å². The maximum absolute atomic E-state index is 12.7. The minimum absolute atomic E-state index is 0.0644. The summed E-state index contributed by atoms with van der Waals surface area (Å²) in [5.41, 5.74) is 3.55. The fourth-order valence-electron chi connectivity index (χ4n) is 1.31. The fourth-order valence-corrected chi connectivity index (χ4v) is 1.31. The Hall–Kier alpha value is -0.970. The minimum Gasteiger partial charge on any atom is -0.380 e. The summed E-state index contributed by atoms with van der Waals surface area (Å²) in [7, 11) is 1.61. The Kier molecular flexibility index (Phi) is 4.00. The van der Waals surface area contributed by atoms with Gasteiger partial charge in [-0.05, 0) is 24.6 Å². The minimum atomic E-state index is -0.255. The molecule has 1 aromatic carbocycles. The monoisotopic (exact) mass is 198 g/mol. The Balaban J connectivity index is 2.84. The van der Waals surface area contributed by atoms with Crippen molar-refractivity contribution in [3.63, 3.8) is 0 Å². The SMILES string of the molecule is COC(C)C(NN)c1ccc(F)cc1. The Labute approximate surface area is 83.0 Å². The van der Waals surface area contributed by atoms with E-state index in [2.05, 4.69) is 5.43 Å². The van der Waals surface area contributed by atoms with E-state index in [4.69, 9.17) is 10.6 Å². The van der Waals surface area contributed by atoms with E-state index in [0.29, 0.717) is 0 Å². The van der Waals surface area contributed by atoms with Crippen molar-refractivity contribution in [2.24, 2.45) is 5.84 Å². The third-order valence-electron chi connectivity index (χ3n) is 2.25. The summed E-state index contributed by atoms with van der Waals surface area (Å²) in [6.07, 6.45) is -0.0644. The van der Waals surface area contributed by atoms with Crippen LogP contribution in [-0.4, -0.2) is 13.2 Å². The van der Waals surface area contributed by atoms with Gasteiger partial charge in [0, 0.05) is 7.11 Å². The molecule has 0 aliphatic heterocycles. The maximum Gasteiger partial charge on any atom is 0.123 e. The molecule has 3 nitrogen and oxygen atoms in total. The summed E-state index contributed by atoms with van der Waals surface area (Å²) >= 11 is 0. The van der Waals surface area contributed by atoms with E-state index in [0.717, 1.165) is 5.56 Å². The molecular formula is C10H15FN2O. The Bertz CT molecular complexity index is 276. The van der Waals surface area contributed by atoms with Gasteiger partial charge >= 0.3 is 0 Å². The van der Waals surface area contributed by atoms with Gasteiger partial charge in [-0.25, -0.2) is 4.39 Å². The number of halogens is 1. The molecule has 0 heterocycles. The van der Waals surface area contributed by atoms with Gasteiger partial charge in [-0.3, -0.25) is 11.3 Å². The first-order valence-electron chi connectivity index (χ1n) is 4.43. The van der Waals surface area contributed by atoms with E-state index in [9.17, 15) is 4.39 Å². The molecule has 1 rings (SSSR count). The molecule has 0 spiro atoms. The van der Waals surface area contributed by atoms with E-state index < -0.39 is 0 Å². The van der Waals surface area contributed by atoms with Crippen molar-refractivity contribution in [3.05, 3.63) is 35.6 Å². The fraction of sp³-hybridized carbons (Fsp3) is 0.400. The molecule has 0 aliphatic carbocycles. The molecular weight excluding hydrogens is 183 g/mol. The number of nitrogens with one attached hydrogen (secondary N) is 1. The predicted octanol–water partition coefficient (Wildman–Crippen LogP) is 1.36. The van der Waals surface area contributed by atoms with Gasteiger partial charge in [-0.15, -0.1) is 0 Å². The highest BCUT2D eigenvalue weighted by Crippen LogP contribution is 2.17. The lowest BCUT2D eigenvalue weighted by atomic mass is 10.0. The normalized spacial score (nSPS) is 15.1. The third kappa shape index (κ3) is 2.51. The number of hydrazine groups is 1. The van der Waals surface area contributed by atoms with Crippen molar-refractivity contribution < 1.29 is 9.13 Å². The average Bonchev–Trinajstić information content (AvgIpc) is 2.21. The van der Waals surface area contributed by atoms with Crippen molar-refractivity contribution >= 4 is 0 Å². The number of hydrogen-bond donors (Lipinski definition) is 2. The summed E-state index contributed by atoms with van der Waals surface area (Å²) in [5.74, 6) is 5.14. The van der Waals surface area contributed by atoms with Gasteiger partial charge in [0.2, 0.25) is 0 Å². The largest absolute Gasteiger partial charge is 0.380 e. The molecule has 0 saturated carbocycles.